The van der Waals surface area contributed by atoms with Crippen LogP contribution in [0.1, 0.15) is 42.6 Å². The number of carbonyl (C=O) groups is 1. The Kier molecular flexibility index (Phi) is 5.00. The Balaban J connectivity index is 1.41. The number of furan rings is 1. The summed E-state index contributed by atoms with van der Waals surface area (Å²) in [5.74, 6) is 2.29. The van der Waals surface area contributed by atoms with Gasteiger partial charge in [-0.3, -0.25) is 4.79 Å². The molecule has 152 valence electrons. The van der Waals surface area contributed by atoms with E-state index in [0.29, 0.717) is 23.1 Å². The van der Waals surface area contributed by atoms with Gasteiger partial charge in [0.2, 0.25) is 0 Å². The lowest BCUT2D eigenvalue weighted by atomic mass is 9.69. The maximum absolute atomic E-state index is 13.4. The lowest BCUT2D eigenvalue weighted by Gasteiger charge is -2.42. The molecular weight excluding hydrogens is 384 g/mol. The van der Waals surface area contributed by atoms with Crippen molar-refractivity contribution in [3.05, 3.63) is 47.5 Å². The quantitative estimate of drug-likeness (QED) is 0.535. The molecule has 4 nitrogen and oxygen atoms in total. The monoisotopic (exact) mass is 410 g/mol. The summed E-state index contributed by atoms with van der Waals surface area (Å²) in [5.41, 5.74) is 3.46. The van der Waals surface area contributed by atoms with E-state index < -0.39 is 0 Å². The van der Waals surface area contributed by atoms with Gasteiger partial charge in [-0.25, -0.2) is 0 Å². The first-order valence-electron chi connectivity index (χ1n) is 10.6. The Labute approximate surface area is 176 Å². The molecule has 0 unspecified atom stereocenters. The van der Waals surface area contributed by atoms with Crippen molar-refractivity contribution in [1.29, 1.82) is 0 Å². The fourth-order valence-electron chi connectivity index (χ4n) is 5.53. The zero-order chi connectivity index (χ0) is 20.0. The Morgan fingerprint density at radius 1 is 1.24 bits per heavy atom. The fourth-order valence-corrected chi connectivity index (χ4v) is 5.70. The molecule has 1 aromatic carbocycles. The molecule has 1 saturated heterocycles. The van der Waals surface area contributed by atoms with E-state index in [1.807, 2.05) is 24.3 Å². The van der Waals surface area contributed by atoms with E-state index in [0.717, 1.165) is 40.3 Å². The number of ketones is 1. The number of rotatable bonds is 4. The molecule has 2 fully saturated rings. The maximum Gasteiger partial charge on any atom is 0.179 e. The van der Waals surface area contributed by atoms with E-state index >= 15 is 0 Å². The number of nitrogens with one attached hydrogen (secondary N) is 1. The number of aromatic amines is 1. The van der Waals surface area contributed by atoms with Crippen molar-refractivity contribution in [2.24, 2.45) is 17.8 Å². The third-order valence-corrected chi connectivity index (χ3v) is 7.23. The summed E-state index contributed by atoms with van der Waals surface area (Å²) in [5, 5.41) is 1.64. The Bertz CT molecular complexity index is 1020. The second-order valence-electron chi connectivity index (χ2n) is 8.95. The van der Waals surface area contributed by atoms with Crippen LogP contribution in [0.5, 0.6) is 0 Å². The number of likely N-dealkylation sites (tertiary alicyclic amines) is 1. The molecule has 5 rings (SSSR count). The van der Waals surface area contributed by atoms with E-state index in [2.05, 4.69) is 16.9 Å². The number of H-pyrrole nitrogens is 1. The summed E-state index contributed by atoms with van der Waals surface area (Å²) < 4.78 is 5.31. The minimum absolute atomic E-state index is 0.199. The van der Waals surface area contributed by atoms with Crippen LogP contribution >= 0.6 is 11.6 Å². The standard InChI is InChI=1S/C24H27ClN2O2/c1-27-8-6-16-10-15(2-3-17(16)13-27)11-22(28)24-23(18-7-9-29-14-18)20-12-19(25)4-5-21(20)26-24/h4-5,7,9,12,14-17,26H,2-3,6,8,10-11,13H2,1H3/t15-,16+,17-/m1/s1. The Morgan fingerprint density at radius 2 is 2.14 bits per heavy atom. The molecule has 1 aliphatic carbocycles. The molecule has 1 aliphatic heterocycles. The number of benzene rings is 1. The molecule has 3 atom stereocenters. The van der Waals surface area contributed by atoms with Crippen LogP contribution in [0.3, 0.4) is 0 Å². The van der Waals surface area contributed by atoms with Crippen molar-refractivity contribution in [3.63, 3.8) is 0 Å². The predicted molar refractivity (Wildman–Crippen MR) is 116 cm³/mol. The van der Waals surface area contributed by atoms with E-state index in [1.165, 1.54) is 32.4 Å². The molecule has 5 heteroatoms. The average Bonchev–Trinajstić information content (AvgIpc) is 3.35. The summed E-state index contributed by atoms with van der Waals surface area (Å²) >= 11 is 6.25. The van der Waals surface area contributed by atoms with E-state index in [9.17, 15) is 4.79 Å². The highest BCUT2D eigenvalue weighted by molar-refractivity contribution is 6.31. The third kappa shape index (κ3) is 3.64. The number of halogens is 1. The van der Waals surface area contributed by atoms with Crippen LogP contribution in [0.25, 0.3) is 22.0 Å². The first-order valence-corrected chi connectivity index (χ1v) is 11.0. The van der Waals surface area contributed by atoms with Gasteiger partial charge in [0, 0.05) is 40.0 Å². The van der Waals surface area contributed by atoms with Crippen LogP contribution in [0.2, 0.25) is 5.02 Å². The van der Waals surface area contributed by atoms with Gasteiger partial charge in [-0.15, -0.1) is 0 Å². The number of hydrogen-bond donors (Lipinski definition) is 1. The highest BCUT2D eigenvalue weighted by atomic mass is 35.5. The summed E-state index contributed by atoms with van der Waals surface area (Å²) in [4.78, 5) is 19.2. The van der Waals surface area contributed by atoms with Crippen molar-refractivity contribution < 1.29 is 9.21 Å². The molecule has 0 spiro atoms. The van der Waals surface area contributed by atoms with Crippen LogP contribution in [0, 0.1) is 17.8 Å². The molecule has 0 radical (unpaired) electrons. The van der Waals surface area contributed by atoms with E-state index in [1.54, 1.807) is 12.5 Å². The molecular formula is C24H27ClN2O2. The van der Waals surface area contributed by atoms with Crippen molar-refractivity contribution in [2.45, 2.75) is 32.1 Å². The molecule has 2 aliphatic rings. The van der Waals surface area contributed by atoms with Crippen LogP contribution in [0.15, 0.2) is 41.2 Å². The van der Waals surface area contributed by atoms with E-state index in [-0.39, 0.29) is 5.78 Å². The molecule has 1 N–H and O–H groups in total. The number of carbonyl (C=O) groups excluding carboxylic acids is 1. The fraction of sp³-hybridized carbons (Fsp3) is 0.458. The van der Waals surface area contributed by atoms with Crippen LogP contribution < -0.4 is 0 Å². The maximum atomic E-state index is 13.4. The number of Topliss-reactive ketones (excluding diaryl/α,β-unsaturated/α-hetero) is 1. The summed E-state index contributed by atoms with van der Waals surface area (Å²) in [6.07, 6.45) is 8.84. The smallest absolute Gasteiger partial charge is 0.179 e. The van der Waals surface area contributed by atoms with Gasteiger partial charge in [0.1, 0.15) is 0 Å². The zero-order valence-electron chi connectivity index (χ0n) is 16.8. The van der Waals surface area contributed by atoms with Crippen LogP contribution in [-0.4, -0.2) is 35.8 Å². The molecule has 1 saturated carbocycles. The average molecular weight is 411 g/mol. The lowest BCUT2D eigenvalue weighted by molar-refractivity contribution is 0.0706. The topological polar surface area (TPSA) is 49.2 Å². The third-order valence-electron chi connectivity index (χ3n) is 7.00. The van der Waals surface area contributed by atoms with Gasteiger partial charge in [-0.1, -0.05) is 11.6 Å². The summed E-state index contributed by atoms with van der Waals surface area (Å²) in [6, 6.07) is 7.64. The second kappa shape index (κ2) is 7.66. The molecule has 0 amide bonds. The van der Waals surface area contributed by atoms with Crippen molar-refractivity contribution in [1.82, 2.24) is 9.88 Å². The van der Waals surface area contributed by atoms with Crippen molar-refractivity contribution >= 4 is 28.3 Å². The number of aromatic nitrogens is 1. The van der Waals surface area contributed by atoms with Gasteiger partial charge in [0.05, 0.1) is 18.2 Å². The molecule has 29 heavy (non-hydrogen) atoms. The second-order valence-corrected chi connectivity index (χ2v) is 9.39. The number of nitrogens with zero attached hydrogens (tertiary/aromatic N) is 1. The van der Waals surface area contributed by atoms with Gasteiger partial charge in [0.15, 0.2) is 5.78 Å². The highest BCUT2D eigenvalue weighted by Crippen LogP contribution is 2.41. The Hall–Kier alpha value is -2.04. The summed E-state index contributed by atoms with van der Waals surface area (Å²) in [7, 11) is 2.23. The normalized spacial score (nSPS) is 25.2. The van der Waals surface area contributed by atoms with Gasteiger partial charge in [-0.2, -0.15) is 0 Å². The number of fused-ring (bicyclic) bond motifs is 2. The lowest BCUT2D eigenvalue weighted by Crippen LogP contribution is -2.41. The first kappa shape index (κ1) is 19.0. The van der Waals surface area contributed by atoms with Crippen molar-refractivity contribution in [3.8, 4) is 11.1 Å². The number of hydrogen-bond acceptors (Lipinski definition) is 3. The highest BCUT2D eigenvalue weighted by Gasteiger charge is 2.35. The van der Waals surface area contributed by atoms with Gasteiger partial charge < -0.3 is 14.3 Å². The predicted octanol–water partition coefficient (Wildman–Crippen LogP) is 6.02. The van der Waals surface area contributed by atoms with Gasteiger partial charge >= 0.3 is 0 Å². The molecule has 0 bridgehead atoms. The Morgan fingerprint density at radius 3 is 2.97 bits per heavy atom. The first-order chi connectivity index (χ1) is 14.1. The van der Waals surface area contributed by atoms with Crippen LogP contribution in [0.4, 0.5) is 0 Å². The molecule has 2 aromatic heterocycles. The minimum Gasteiger partial charge on any atom is -0.472 e. The summed E-state index contributed by atoms with van der Waals surface area (Å²) in [6.45, 7) is 2.41. The van der Waals surface area contributed by atoms with E-state index in [4.69, 9.17) is 16.0 Å². The minimum atomic E-state index is 0.199. The SMILES string of the molecule is CN1CC[C@H]2C[C@H](CC(=O)c3[nH]c4ccc(Cl)cc4c3-c3ccoc3)CC[C@@H]2C1. The number of piperidine rings is 1. The zero-order valence-corrected chi connectivity index (χ0v) is 17.5. The largest absolute Gasteiger partial charge is 0.472 e. The van der Waals surface area contributed by atoms with Gasteiger partial charge in [-0.05, 0) is 81.3 Å². The van der Waals surface area contributed by atoms with Crippen LogP contribution in [-0.2, 0) is 0 Å². The molecule has 3 aromatic rings. The molecule has 3 heterocycles. The van der Waals surface area contributed by atoms with Crippen molar-refractivity contribution in [2.75, 3.05) is 20.1 Å². The van der Waals surface area contributed by atoms with Gasteiger partial charge in [0.25, 0.3) is 0 Å².